The van der Waals surface area contributed by atoms with Gasteiger partial charge in [-0.3, -0.25) is 4.79 Å². The van der Waals surface area contributed by atoms with Crippen LogP contribution in [0.2, 0.25) is 0 Å². The molecule has 2 aromatic heterocycles. The maximum absolute atomic E-state index is 12.4. The fourth-order valence-corrected chi connectivity index (χ4v) is 3.55. The summed E-state index contributed by atoms with van der Waals surface area (Å²) < 4.78 is 1.69. The van der Waals surface area contributed by atoms with E-state index in [0.717, 1.165) is 22.7 Å². The average Bonchev–Trinajstić information content (AvgIpc) is 3.19. The maximum atomic E-state index is 12.4. The number of aromatic carboxylic acids is 1. The van der Waals surface area contributed by atoms with Crippen molar-refractivity contribution in [2.75, 3.05) is 0 Å². The second-order valence-electron chi connectivity index (χ2n) is 6.11. The third kappa shape index (κ3) is 4.03. The number of rotatable bonds is 6. The van der Waals surface area contributed by atoms with Crippen molar-refractivity contribution in [1.29, 1.82) is 0 Å². The minimum Gasteiger partial charge on any atom is -0.477 e. The molecule has 0 aliphatic heterocycles. The van der Waals surface area contributed by atoms with E-state index in [-0.39, 0.29) is 17.2 Å². The molecule has 8 nitrogen and oxygen atoms in total. The van der Waals surface area contributed by atoms with Crippen LogP contribution in [-0.2, 0) is 11.2 Å². The van der Waals surface area contributed by atoms with Crippen molar-refractivity contribution in [2.45, 2.75) is 33.2 Å². The summed E-state index contributed by atoms with van der Waals surface area (Å²) in [6, 6.07) is 9.18. The first-order valence-corrected chi connectivity index (χ1v) is 9.15. The van der Waals surface area contributed by atoms with Crippen LogP contribution in [0.3, 0.4) is 0 Å². The van der Waals surface area contributed by atoms with E-state index in [1.54, 1.807) is 18.5 Å². The van der Waals surface area contributed by atoms with Gasteiger partial charge in [0.05, 0.1) is 35.2 Å². The van der Waals surface area contributed by atoms with Gasteiger partial charge in [-0.05, 0) is 32.9 Å². The molecule has 0 radical (unpaired) electrons. The topological polar surface area (TPSA) is 110 Å². The molecule has 2 heterocycles. The summed E-state index contributed by atoms with van der Waals surface area (Å²) in [6.07, 6.45) is 0.0825. The molecule has 3 aromatic rings. The summed E-state index contributed by atoms with van der Waals surface area (Å²) in [6.45, 7) is 5.28. The van der Waals surface area contributed by atoms with Gasteiger partial charge < -0.3 is 10.4 Å². The van der Waals surface area contributed by atoms with Crippen LogP contribution in [0.15, 0.2) is 30.3 Å². The number of nitrogens with one attached hydrogen (secondary N) is 1. The van der Waals surface area contributed by atoms with E-state index in [9.17, 15) is 9.59 Å². The highest BCUT2D eigenvalue weighted by Gasteiger charge is 2.20. The Bertz CT molecular complexity index is 980. The second-order valence-corrected chi connectivity index (χ2v) is 7.14. The zero-order valence-corrected chi connectivity index (χ0v) is 15.9. The molecule has 0 bridgehead atoms. The Morgan fingerprint density at radius 1 is 1.26 bits per heavy atom. The van der Waals surface area contributed by atoms with Crippen molar-refractivity contribution < 1.29 is 14.7 Å². The van der Waals surface area contributed by atoms with Gasteiger partial charge in [0.1, 0.15) is 9.88 Å². The molecule has 140 valence electrons. The molecule has 0 aliphatic rings. The first kappa shape index (κ1) is 18.7. The molecule has 1 atom stereocenters. The highest BCUT2D eigenvalue weighted by Crippen LogP contribution is 2.23. The zero-order valence-electron chi connectivity index (χ0n) is 15.1. The number of carboxylic acid groups (broad SMARTS) is 1. The summed E-state index contributed by atoms with van der Waals surface area (Å²) in [5.41, 5.74) is 2.71. The molecular weight excluding hydrogens is 366 g/mol. The van der Waals surface area contributed by atoms with Gasteiger partial charge in [-0.25, -0.2) is 14.5 Å². The molecule has 0 spiro atoms. The van der Waals surface area contributed by atoms with Gasteiger partial charge in [0.25, 0.3) is 0 Å². The van der Waals surface area contributed by atoms with Gasteiger partial charge in [-0.15, -0.1) is 16.4 Å². The molecule has 3 rings (SSSR count). The Kier molecular flexibility index (Phi) is 5.31. The quantitative estimate of drug-likeness (QED) is 0.674. The number of thiazole rings is 1. The van der Waals surface area contributed by atoms with Gasteiger partial charge >= 0.3 is 5.97 Å². The summed E-state index contributed by atoms with van der Waals surface area (Å²) in [5, 5.41) is 20.8. The largest absolute Gasteiger partial charge is 0.477 e. The van der Waals surface area contributed by atoms with Crippen molar-refractivity contribution in [1.82, 2.24) is 25.3 Å². The van der Waals surface area contributed by atoms with Gasteiger partial charge in [-0.2, -0.15) is 0 Å². The second kappa shape index (κ2) is 7.67. The third-order valence-corrected chi connectivity index (χ3v) is 5.40. The summed E-state index contributed by atoms with van der Waals surface area (Å²) >= 11 is 1.07. The van der Waals surface area contributed by atoms with Crippen molar-refractivity contribution in [3.63, 3.8) is 0 Å². The third-order valence-electron chi connectivity index (χ3n) is 4.07. The van der Waals surface area contributed by atoms with E-state index >= 15 is 0 Å². The number of amides is 1. The predicted molar refractivity (Wildman–Crippen MR) is 100 cm³/mol. The Morgan fingerprint density at radius 2 is 1.96 bits per heavy atom. The Labute approximate surface area is 159 Å². The van der Waals surface area contributed by atoms with Crippen LogP contribution in [-0.4, -0.2) is 37.0 Å². The first-order chi connectivity index (χ1) is 12.9. The van der Waals surface area contributed by atoms with E-state index in [1.165, 1.54) is 0 Å². The number of carbonyl (C=O) groups excluding carboxylic acids is 1. The minimum atomic E-state index is -1.01. The number of hydrogen-bond acceptors (Lipinski definition) is 6. The highest BCUT2D eigenvalue weighted by atomic mass is 32.1. The zero-order chi connectivity index (χ0) is 19.6. The van der Waals surface area contributed by atoms with Crippen molar-refractivity contribution in [3.05, 3.63) is 57.3 Å². The van der Waals surface area contributed by atoms with E-state index in [2.05, 4.69) is 20.6 Å². The van der Waals surface area contributed by atoms with Crippen LogP contribution in [0, 0.1) is 13.8 Å². The van der Waals surface area contributed by atoms with E-state index in [0.29, 0.717) is 16.4 Å². The number of carbonyl (C=O) groups is 2. The van der Waals surface area contributed by atoms with Crippen molar-refractivity contribution in [2.24, 2.45) is 0 Å². The van der Waals surface area contributed by atoms with Crippen LogP contribution in [0.5, 0.6) is 0 Å². The van der Waals surface area contributed by atoms with Gasteiger partial charge in [0, 0.05) is 0 Å². The van der Waals surface area contributed by atoms with Crippen LogP contribution in [0.1, 0.15) is 44.7 Å². The number of benzene rings is 1. The lowest BCUT2D eigenvalue weighted by atomic mass is 10.2. The Balaban J connectivity index is 1.68. The lowest BCUT2D eigenvalue weighted by Gasteiger charge is -2.10. The Hall–Kier alpha value is -3.07. The van der Waals surface area contributed by atoms with Crippen LogP contribution >= 0.6 is 11.3 Å². The molecule has 0 saturated heterocycles. The molecule has 1 amide bonds. The highest BCUT2D eigenvalue weighted by molar-refractivity contribution is 7.13. The molecule has 0 fully saturated rings. The summed E-state index contributed by atoms with van der Waals surface area (Å²) in [5.74, 6) is -1.24. The van der Waals surface area contributed by atoms with Crippen molar-refractivity contribution in [3.8, 4) is 5.69 Å². The number of hydrogen-bond donors (Lipinski definition) is 2. The van der Waals surface area contributed by atoms with Gasteiger partial charge in [0.2, 0.25) is 5.91 Å². The van der Waals surface area contributed by atoms with Crippen LogP contribution in [0.4, 0.5) is 0 Å². The van der Waals surface area contributed by atoms with Crippen LogP contribution < -0.4 is 5.32 Å². The van der Waals surface area contributed by atoms with Gasteiger partial charge in [-0.1, -0.05) is 23.4 Å². The number of para-hydroxylation sites is 1. The first-order valence-electron chi connectivity index (χ1n) is 8.33. The minimum absolute atomic E-state index is 0.0825. The molecule has 0 aliphatic carbocycles. The van der Waals surface area contributed by atoms with Gasteiger partial charge in [0.15, 0.2) is 0 Å². The fraction of sp³-hybridized carbons (Fsp3) is 0.278. The maximum Gasteiger partial charge on any atom is 0.347 e. The molecule has 1 aromatic carbocycles. The van der Waals surface area contributed by atoms with E-state index in [4.69, 9.17) is 5.11 Å². The monoisotopic (exact) mass is 385 g/mol. The predicted octanol–water partition coefficient (Wildman–Crippen LogP) is 2.46. The molecule has 2 N–H and O–H groups in total. The molecule has 27 heavy (non-hydrogen) atoms. The summed E-state index contributed by atoms with van der Waals surface area (Å²) in [4.78, 5) is 28.0. The van der Waals surface area contributed by atoms with Crippen LogP contribution in [0.25, 0.3) is 5.69 Å². The van der Waals surface area contributed by atoms with E-state index < -0.39 is 12.0 Å². The van der Waals surface area contributed by atoms with E-state index in [1.807, 2.05) is 37.3 Å². The SMILES string of the molecule is Cc1nc(C(C)NC(=O)Cc2nnn(-c3ccccc3)c2C)sc1C(=O)O. The molecule has 9 heteroatoms. The Morgan fingerprint density at radius 3 is 2.59 bits per heavy atom. The fourth-order valence-electron chi connectivity index (χ4n) is 2.65. The summed E-state index contributed by atoms with van der Waals surface area (Å²) in [7, 11) is 0. The molecular formula is C18H19N5O3S. The number of aryl methyl sites for hydroxylation is 1. The molecule has 0 saturated carbocycles. The average molecular weight is 385 g/mol. The number of carboxylic acids is 1. The smallest absolute Gasteiger partial charge is 0.347 e. The lowest BCUT2D eigenvalue weighted by molar-refractivity contribution is -0.121. The standard InChI is InChI=1S/C18H19N5O3S/c1-10-16(18(25)26)27-17(20-10)11(2)19-15(24)9-14-12(3)23(22-21-14)13-7-5-4-6-8-13/h4-8,11H,9H2,1-3H3,(H,19,24)(H,25,26). The number of nitrogens with zero attached hydrogens (tertiary/aromatic N) is 4. The number of aromatic nitrogens is 4. The molecule has 1 unspecified atom stereocenters. The normalized spacial score (nSPS) is 12.0. The lowest BCUT2D eigenvalue weighted by Crippen LogP contribution is -2.28. The van der Waals surface area contributed by atoms with Crippen molar-refractivity contribution >= 4 is 23.2 Å².